The standard InChI is InChI=1S/C25H32N4O3/c1-18-5-7-19(8-6-18)22-16-21(20-9-10-23(31-3)24(15-20)32-4)26-29(22)25(30)17-28-13-11-27(2)12-14-28/h5-10,15,22H,11-14,16-17H2,1-4H3. The average Bonchev–Trinajstić information content (AvgIpc) is 3.26. The van der Waals surface area contributed by atoms with Gasteiger partial charge in [0.2, 0.25) is 0 Å². The number of likely N-dealkylation sites (N-methyl/N-ethyl adjacent to an activating group) is 1. The molecule has 170 valence electrons. The molecule has 0 radical (unpaired) electrons. The number of hydrazone groups is 1. The molecule has 1 saturated heterocycles. The third kappa shape index (κ3) is 4.79. The molecule has 32 heavy (non-hydrogen) atoms. The monoisotopic (exact) mass is 436 g/mol. The number of rotatable bonds is 6. The molecule has 0 saturated carbocycles. The van der Waals surface area contributed by atoms with E-state index in [9.17, 15) is 4.79 Å². The van der Waals surface area contributed by atoms with Gasteiger partial charge in [0.15, 0.2) is 11.5 Å². The third-order valence-electron chi connectivity index (χ3n) is 6.30. The Hall–Kier alpha value is -2.90. The number of aryl methyl sites for hydroxylation is 1. The summed E-state index contributed by atoms with van der Waals surface area (Å²) in [6.07, 6.45) is 0.660. The summed E-state index contributed by atoms with van der Waals surface area (Å²) in [4.78, 5) is 17.9. The number of carbonyl (C=O) groups is 1. The van der Waals surface area contributed by atoms with Crippen LogP contribution in [0.1, 0.15) is 29.2 Å². The Kier molecular flexibility index (Phi) is 6.77. The van der Waals surface area contributed by atoms with Crippen molar-refractivity contribution >= 4 is 11.6 Å². The lowest BCUT2D eigenvalue weighted by atomic mass is 9.97. The van der Waals surface area contributed by atoms with E-state index in [-0.39, 0.29) is 11.9 Å². The number of ether oxygens (including phenoxy) is 2. The molecule has 0 N–H and O–H groups in total. The van der Waals surface area contributed by atoms with Crippen molar-refractivity contribution in [3.8, 4) is 11.5 Å². The van der Waals surface area contributed by atoms with Crippen LogP contribution in [-0.2, 0) is 4.79 Å². The number of hydrogen-bond acceptors (Lipinski definition) is 6. The molecule has 2 aliphatic rings. The third-order valence-corrected chi connectivity index (χ3v) is 6.30. The van der Waals surface area contributed by atoms with E-state index >= 15 is 0 Å². The summed E-state index contributed by atoms with van der Waals surface area (Å²) in [5, 5.41) is 6.51. The Balaban J connectivity index is 1.61. The summed E-state index contributed by atoms with van der Waals surface area (Å²) >= 11 is 0. The van der Waals surface area contributed by atoms with Crippen molar-refractivity contribution in [1.29, 1.82) is 0 Å². The fourth-order valence-corrected chi connectivity index (χ4v) is 4.25. The van der Waals surface area contributed by atoms with Gasteiger partial charge in [0.1, 0.15) is 0 Å². The zero-order valence-electron chi connectivity index (χ0n) is 19.4. The van der Waals surface area contributed by atoms with Crippen molar-refractivity contribution in [2.75, 3.05) is 54.0 Å². The van der Waals surface area contributed by atoms with E-state index in [1.54, 1.807) is 19.2 Å². The van der Waals surface area contributed by atoms with Gasteiger partial charge < -0.3 is 14.4 Å². The van der Waals surface area contributed by atoms with Crippen LogP contribution in [0.5, 0.6) is 11.5 Å². The first-order valence-corrected chi connectivity index (χ1v) is 11.1. The summed E-state index contributed by atoms with van der Waals surface area (Å²) in [5.41, 5.74) is 4.11. The van der Waals surface area contributed by atoms with Crippen LogP contribution >= 0.6 is 0 Å². The van der Waals surface area contributed by atoms with E-state index in [2.05, 4.69) is 48.0 Å². The van der Waals surface area contributed by atoms with Gasteiger partial charge in [-0.05, 0) is 37.7 Å². The lowest BCUT2D eigenvalue weighted by Gasteiger charge is -2.33. The predicted octanol–water partition coefficient (Wildman–Crippen LogP) is 2.94. The topological polar surface area (TPSA) is 57.6 Å². The van der Waals surface area contributed by atoms with E-state index in [0.29, 0.717) is 24.5 Å². The molecule has 1 amide bonds. The molecule has 2 heterocycles. The molecule has 1 unspecified atom stereocenters. The van der Waals surface area contributed by atoms with Crippen LogP contribution < -0.4 is 9.47 Å². The first-order valence-electron chi connectivity index (χ1n) is 11.1. The summed E-state index contributed by atoms with van der Waals surface area (Å²) in [6, 6.07) is 14.1. The van der Waals surface area contributed by atoms with Gasteiger partial charge in [0, 0.05) is 38.2 Å². The Bertz CT molecular complexity index is 981. The first-order chi connectivity index (χ1) is 15.5. The largest absolute Gasteiger partial charge is 0.493 e. The highest BCUT2D eigenvalue weighted by Gasteiger charge is 2.34. The van der Waals surface area contributed by atoms with Crippen LogP contribution in [0.3, 0.4) is 0 Å². The van der Waals surface area contributed by atoms with Gasteiger partial charge in [-0.15, -0.1) is 0 Å². The molecule has 0 bridgehead atoms. The lowest BCUT2D eigenvalue weighted by molar-refractivity contribution is -0.134. The molecule has 7 heteroatoms. The molecule has 4 rings (SSSR count). The van der Waals surface area contributed by atoms with Crippen molar-refractivity contribution in [1.82, 2.24) is 14.8 Å². The Morgan fingerprint density at radius 2 is 1.69 bits per heavy atom. The van der Waals surface area contributed by atoms with Crippen LogP contribution in [-0.4, -0.2) is 80.4 Å². The minimum Gasteiger partial charge on any atom is -0.493 e. The molecular formula is C25H32N4O3. The number of piperazine rings is 1. The van der Waals surface area contributed by atoms with Crippen molar-refractivity contribution in [2.24, 2.45) is 5.10 Å². The van der Waals surface area contributed by atoms with Gasteiger partial charge in [0.05, 0.1) is 32.5 Å². The molecule has 2 aromatic carbocycles. The molecular weight excluding hydrogens is 404 g/mol. The maximum absolute atomic E-state index is 13.4. The predicted molar refractivity (Wildman–Crippen MR) is 125 cm³/mol. The second kappa shape index (κ2) is 9.71. The molecule has 7 nitrogen and oxygen atoms in total. The molecule has 0 aliphatic carbocycles. The van der Waals surface area contributed by atoms with Gasteiger partial charge >= 0.3 is 0 Å². The summed E-state index contributed by atoms with van der Waals surface area (Å²) in [7, 11) is 5.36. The van der Waals surface area contributed by atoms with E-state index in [1.807, 2.05) is 18.2 Å². The maximum Gasteiger partial charge on any atom is 0.257 e. The fourth-order valence-electron chi connectivity index (χ4n) is 4.25. The first kappa shape index (κ1) is 22.3. The Labute approximate surface area is 190 Å². The summed E-state index contributed by atoms with van der Waals surface area (Å²) in [5.74, 6) is 1.37. The average molecular weight is 437 g/mol. The quantitative estimate of drug-likeness (QED) is 0.697. The van der Waals surface area contributed by atoms with Crippen molar-refractivity contribution in [3.05, 3.63) is 59.2 Å². The zero-order chi connectivity index (χ0) is 22.7. The lowest BCUT2D eigenvalue weighted by Crippen LogP contribution is -2.48. The van der Waals surface area contributed by atoms with E-state index < -0.39 is 0 Å². The number of benzene rings is 2. The minimum absolute atomic E-state index is 0.0376. The van der Waals surface area contributed by atoms with Gasteiger partial charge in [0.25, 0.3) is 5.91 Å². The van der Waals surface area contributed by atoms with Crippen LogP contribution in [0.25, 0.3) is 0 Å². The number of amides is 1. The molecule has 0 spiro atoms. The van der Waals surface area contributed by atoms with Gasteiger partial charge in [-0.25, -0.2) is 5.01 Å². The van der Waals surface area contributed by atoms with Crippen molar-refractivity contribution in [3.63, 3.8) is 0 Å². The normalized spacial score (nSPS) is 19.7. The van der Waals surface area contributed by atoms with Crippen LogP contribution in [0.4, 0.5) is 0 Å². The van der Waals surface area contributed by atoms with E-state index in [4.69, 9.17) is 14.6 Å². The maximum atomic E-state index is 13.4. The molecule has 1 atom stereocenters. The van der Waals surface area contributed by atoms with Gasteiger partial charge in [-0.2, -0.15) is 5.10 Å². The van der Waals surface area contributed by atoms with E-state index in [0.717, 1.165) is 43.0 Å². The van der Waals surface area contributed by atoms with Crippen LogP contribution in [0.15, 0.2) is 47.6 Å². The van der Waals surface area contributed by atoms with E-state index in [1.165, 1.54) is 5.56 Å². The highest BCUT2D eigenvalue weighted by molar-refractivity contribution is 6.03. The number of nitrogens with zero attached hydrogens (tertiary/aromatic N) is 4. The highest BCUT2D eigenvalue weighted by Crippen LogP contribution is 2.35. The highest BCUT2D eigenvalue weighted by atomic mass is 16.5. The SMILES string of the molecule is COc1ccc(C2=NN(C(=O)CN3CCN(C)CC3)C(c3ccc(C)cc3)C2)cc1OC. The second-order valence-electron chi connectivity index (χ2n) is 8.56. The number of hydrogen-bond donors (Lipinski definition) is 0. The van der Waals surface area contributed by atoms with Crippen molar-refractivity contribution in [2.45, 2.75) is 19.4 Å². The summed E-state index contributed by atoms with van der Waals surface area (Å²) in [6.45, 7) is 6.22. The second-order valence-corrected chi connectivity index (χ2v) is 8.56. The molecule has 2 aromatic rings. The van der Waals surface area contributed by atoms with Crippen LogP contribution in [0.2, 0.25) is 0 Å². The zero-order valence-corrected chi connectivity index (χ0v) is 19.4. The van der Waals surface area contributed by atoms with Gasteiger partial charge in [-0.1, -0.05) is 29.8 Å². The summed E-state index contributed by atoms with van der Waals surface area (Å²) < 4.78 is 10.8. The fraction of sp³-hybridized carbons (Fsp3) is 0.440. The number of carbonyl (C=O) groups excluding carboxylic acids is 1. The van der Waals surface area contributed by atoms with Gasteiger partial charge in [-0.3, -0.25) is 9.69 Å². The Morgan fingerprint density at radius 3 is 2.34 bits per heavy atom. The molecule has 2 aliphatic heterocycles. The minimum atomic E-state index is -0.112. The molecule has 0 aromatic heterocycles. The Morgan fingerprint density at radius 1 is 1.00 bits per heavy atom. The number of methoxy groups -OCH3 is 2. The molecule has 1 fully saturated rings. The smallest absolute Gasteiger partial charge is 0.257 e. The van der Waals surface area contributed by atoms with Crippen LogP contribution in [0, 0.1) is 6.92 Å². The van der Waals surface area contributed by atoms with Crippen molar-refractivity contribution < 1.29 is 14.3 Å².